The summed E-state index contributed by atoms with van der Waals surface area (Å²) in [7, 11) is 0. The van der Waals surface area contributed by atoms with E-state index in [0.29, 0.717) is 17.0 Å². The van der Waals surface area contributed by atoms with Crippen LogP contribution in [0.1, 0.15) is 17.0 Å². The van der Waals surface area contributed by atoms with Gasteiger partial charge in [-0.1, -0.05) is 30.3 Å². The molecule has 156 valence electrons. The van der Waals surface area contributed by atoms with Crippen LogP contribution in [0.25, 0.3) is 0 Å². The van der Waals surface area contributed by atoms with Crippen LogP contribution < -0.4 is 10.2 Å². The number of non-ortho nitro benzene ring substituents is 1. The summed E-state index contributed by atoms with van der Waals surface area (Å²) in [4.78, 5) is 21.0. The van der Waals surface area contributed by atoms with E-state index in [1.165, 1.54) is 18.2 Å². The van der Waals surface area contributed by atoms with Crippen molar-refractivity contribution in [2.45, 2.75) is 5.92 Å². The maximum Gasteiger partial charge on any atom is 0.301 e. The number of phenols is 1. The van der Waals surface area contributed by atoms with Crippen molar-refractivity contribution < 1.29 is 19.7 Å². The van der Waals surface area contributed by atoms with Gasteiger partial charge in [-0.15, -0.1) is 0 Å². The Morgan fingerprint density at radius 3 is 2.48 bits per heavy atom. The number of phenolic OH excluding ortho intramolecular Hbond substituents is 1. The summed E-state index contributed by atoms with van der Waals surface area (Å²) in [5.74, 6) is 0.230. The lowest BCUT2D eigenvalue weighted by Crippen LogP contribution is -2.27. The number of anilines is 1. The third kappa shape index (κ3) is 3.99. The highest BCUT2D eigenvalue weighted by atomic mass is 16.6. The second-order valence-corrected chi connectivity index (χ2v) is 6.78. The minimum Gasteiger partial charge on any atom is -0.508 e. The molecule has 1 heterocycles. The molecule has 3 aromatic carbocycles. The molecule has 0 saturated heterocycles. The van der Waals surface area contributed by atoms with Gasteiger partial charge in [0, 0.05) is 11.6 Å². The lowest BCUT2D eigenvalue weighted by molar-refractivity contribution is -0.393. The van der Waals surface area contributed by atoms with Crippen LogP contribution in [0.5, 0.6) is 11.5 Å². The van der Waals surface area contributed by atoms with E-state index in [1.54, 1.807) is 6.07 Å². The highest BCUT2D eigenvalue weighted by Crippen LogP contribution is 2.36. The van der Waals surface area contributed by atoms with E-state index in [2.05, 4.69) is 10.5 Å². The summed E-state index contributed by atoms with van der Waals surface area (Å²) < 4.78 is 5.83. The molecule has 0 aliphatic carbocycles. The van der Waals surface area contributed by atoms with Crippen LogP contribution in [-0.2, 0) is 0 Å². The number of hydrogen-bond acceptors (Lipinski definition) is 8. The first-order chi connectivity index (χ1) is 14.9. The fraction of sp³-hybridized carbons (Fsp3) is 0.0952. The number of nitrogens with zero attached hydrogens (tertiary/aromatic N) is 3. The summed E-state index contributed by atoms with van der Waals surface area (Å²) in [6, 6.07) is 17.3. The summed E-state index contributed by atoms with van der Waals surface area (Å²) >= 11 is 0. The number of aromatic hydroxyl groups is 1. The average Bonchev–Trinajstić information content (AvgIpc) is 2.77. The Morgan fingerprint density at radius 2 is 1.77 bits per heavy atom. The van der Waals surface area contributed by atoms with E-state index in [9.17, 15) is 25.3 Å². The molecule has 1 aliphatic rings. The van der Waals surface area contributed by atoms with Gasteiger partial charge in [-0.25, -0.2) is 0 Å². The molecule has 0 amide bonds. The van der Waals surface area contributed by atoms with Crippen LogP contribution in [0.4, 0.5) is 17.1 Å². The molecule has 0 aromatic heterocycles. The zero-order chi connectivity index (χ0) is 22.0. The number of rotatable bonds is 5. The van der Waals surface area contributed by atoms with Crippen LogP contribution in [0.3, 0.4) is 0 Å². The normalized spacial score (nSPS) is 16.3. The maximum absolute atomic E-state index is 11.4. The first-order valence-electron chi connectivity index (χ1n) is 9.21. The molecule has 31 heavy (non-hydrogen) atoms. The van der Waals surface area contributed by atoms with Crippen molar-refractivity contribution in [3.8, 4) is 11.5 Å². The van der Waals surface area contributed by atoms with Crippen molar-refractivity contribution in [1.29, 1.82) is 0 Å². The highest BCUT2D eigenvalue weighted by Gasteiger charge is 2.29. The topological polar surface area (TPSA) is 140 Å². The average molecular weight is 420 g/mol. The Kier molecular flexibility index (Phi) is 5.19. The second kappa shape index (κ2) is 8.11. The molecule has 0 spiro atoms. The number of nitro groups is 2. The van der Waals surface area contributed by atoms with Crippen LogP contribution in [0, 0.1) is 20.2 Å². The lowest BCUT2D eigenvalue weighted by Gasteiger charge is -2.27. The molecule has 2 N–H and O–H groups in total. The second-order valence-electron chi connectivity index (χ2n) is 6.78. The van der Waals surface area contributed by atoms with Gasteiger partial charge in [0.1, 0.15) is 23.8 Å². The minimum atomic E-state index is -0.714. The Bertz CT molecular complexity index is 1200. The van der Waals surface area contributed by atoms with Crippen LogP contribution in [0.2, 0.25) is 0 Å². The molecule has 0 fully saturated rings. The minimum absolute atomic E-state index is 0.00288. The number of benzene rings is 3. The van der Waals surface area contributed by atoms with Crippen molar-refractivity contribution in [1.82, 2.24) is 0 Å². The Hall–Kier alpha value is -4.47. The van der Waals surface area contributed by atoms with Crippen molar-refractivity contribution in [3.63, 3.8) is 0 Å². The summed E-state index contributed by atoms with van der Waals surface area (Å²) in [5, 5.41) is 36.8. The Labute approximate surface area is 175 Å². The van der Waals surface area contributed by atoms with Crippen LogP contribution in [0.15, 0.2) is 71.8 Å². The first-order valence-corrected chi connectivity index (χ1v) is 9.21. The predicted octanol–water partition coefficient (Wildman–Crippen LogP) is 4.20. The predicted molar refractivity (Wildman–Crippen MR) is 113 cm³/mol. The Balaban J connectivity index is 1.79. The molecule has 0 saturated carbocycles. The molecule has 0 radical (unpaired) electrons. The summed E-state index contributed by atoms with van der Waals surface area (Å²) in [6.45, 7) is 0.282. The molecule has 0 bridgehead atoms. The molecule has 10 nitrogen and oxygen atoms in total. The molecule has 3 aromatic rings. The first kappa shape index (κ1) is 19.8. The number of fused-ring (bicyclic) bond motifs is 1. The fourth-order valence-electron chi connectivity index (χ4n) is 3.36. The Morgan fingerprint density at radius 1 is 1.00 bits per heavy atom. The number of hydrogen-bond donors (Lipinski definition) is 2. The SMILES string of the molecule is O=[N+]([O-])c1ccc(NN=C2c3cc(O)ccc3OCC2c2ccccc2)c([N+](=O)[O-])c1. The van der Waals surface area contributed by atoms with Gasteiger partial charge in [-0.05, 0) is 29.8 Å². The van der Waals surface area contributed by atoms with Crippen LogP contribution >= 0.6 is 0 Å². The van der Waals surface area contributed by atoms with Crippen LogP contribution in [-0.4, -0.2) is 27.3 Å². The summed E-state index contributed by atoms with van der Waals surface area (Å²) in [6.07, 6.45) is 0. The highest BCUT2D eigenvalue weighted by molar-refractivity contribution is 6.08. The zero-order valence-electron chi connectivity index (χ0n) is 16.0. The monoisotopic (exact) mass is 420 g/mol. The third-order valence-electron chi connectivity index (χ3n) is 4.86. The number of nitrogens with one attached hydrogen (secondary N) is 1. The number of nitro benzene ring substituents is 2. The third-order valence-corrected chi connectivity index (χ3v) is 4.86. The van der Waals surface area contributed by atoms with Gasteiger partial charge in [0.15, 0.2) is 0 Å². The van der Waals surface area contributed by atoms with Crippen molar-refractivity contribution >= 4 is 22.8 Å². The van der Waals surface area contributed by atoms with Crippen molar-refractivity contribution in [2.75, 3.05) is 12.0 Å². The molecule has 1 atom stereocenters. The summed E-state index contributed by atoms with van der Waals surface area (Å²) in [5.41, 5.74) is 3.77. The van der Waals surface area contributed by atoms with Gasteiger partial charge >= 0.3 is 5.69 Å². The fourth-order valence-corrected chi connectivity index (χ4v) is 3.36. The van der Waals surface area contributed by atoms with Crippen molar-refractivity contribution in [3.05, 3.63) is 98.1 Å². The maximum atomic E-state index is 11.4. The quantitative estimate of drug-likeness (QED) is 0.465. The van der Waals surface area contributed by atoms with Gasteiger partial charge in [-0.3, -0.25) is 25.7 Å². The molecule has 1 unspecified atom stereocenters. The molecular weight excluding hydrogens is 404 g/mol. The molecule has 1 aliphatic heterocycles. The standard InChI is InChI=1S/C21H16N4O6/c26-15-7-9-20-16(11-15)21(17(12-31-20)13-4-2-1-3-5-13)23-22-18-8-6-14(24(27)28)10-19(18)25(29)30/h1-11,17,22,26H,12H2. The lowest BCUT2D eigenvalue weighted by atomic mass is 9.88. The molecule has 10 heteroatoms. The number of hydrazone groups is 1. The van der Waals surface area contributed by atoms with E-state index >= 15 is 0 Å². The van der Waals surface area contributed by atoms with E-state index in [0.717, 1.165) is 17.7 Å². The van der Waals surface area contributed by atoms with Gasteiger partial charge in [-0.2, -0.15) is 5.10 Å². The smallest absolute Gasteiger partial charge is 0.301 e. The van der Waals surface area contributed by atoms with Crippen molar-refractivity contribution in [2.24, 2.45) is 5.10 Å². The molecule has 4 rings (SSSR count). The van der Waals surface area contributed by atoms with E-state index < -0.39 is 21.2 Å². The largest absolute Gasteiger partial charge is 0.508 e. The zero-order valence-corrected chi connectivity index (χ0v) is 16.0. The van der Waals surface area contributed by atoms with E-state index in [1.807, 2.05) is 30.3 Å². The van der Waals surface area contributed by atoms with Gasteiger partial charge in [0.25, 0.3) is 5.69 Å². The molecular formula is C21H16N4O6. The number of ether oxygens (including phenoxy) is 1. The van der Waals surface area contributed by atoms with Gasteiger partial charge in [0.05, 0.1) is 27.5 Å². The van der Waals surface area contributed by atoms with E-state index in [4.69, 9.17) is 4.74 Å². The van der Waals surface area contributed by atoms with E-state index in [-0.39, 0.29) is 24.0 Å². The van der Waals surface area contributed by atoms with Gasteiger partial charge in [0.2, 0.25) is 0 Å². The van der Waals surface area contributed by atoms with Gasteiger partial charge < -0.3 is 9.84 Å².